The zero-order valence-corrected chi connectivity index (χ0v) is 11.1. The highest BCUT2D eigenvalue weighted by molar-refractivity contribution is 9.10. The number of carbonyl (C=O) groups excluding carboxylic acids is 1. The average Bonchev–Trinajstić information content (AvgIpc) is 2.31. The Morgan fingerprint density at radius 2 is 2.47 bits per heavy atom. The molecule has 1 fully saturated rings. The Hall–Kier alpha value is -1.14. The highest BCUT2D eigenvalue weighted by Gasteiger charge is 2.24. The lowest BCUT2D eigenvalue weighted by molar-refractivity contribution is -0.0124. The maximum absolute atomic E-state index is 12.3. The van der Waals surface area contributed by atoms with Crippen LogP contribution in [0, 0.1) is 0 Å². The second-order valence-corrected chi connectivity index (χ2v) is 4.88. The van der Waals surface area contributed by atoms with E-state index in [1.165, 1.54) is 0 Å². The Balaban J connectivity index is 2.21. The van der Waals surface area contributed by atoms with Gasteiger partial charge in [-0.15, -0.1) is 0 Å². The Kier molecular flexibility index (Phi) is 3.63. The second kappa shape index (κ2) is 5.01. The van der Waals surface area contributed by atoms with E-state index in [1.54, 1.807) is 17.2 Å². The topological polar surface area (TPSA) is 68.5 Å². The first kappa shape index (κ1) is 12.3. The van der Waals surface area contributed by atoms with Crippen LogP contribution in [0.2, 0.25) is 0 Å². The van der Waals surface area contributed by atoms with Crippen molar-refractivity contribution in [2.24, 2.45) is 0 Å². The van der Waals surface area contributed by atoms with Gasteiger partial charge in [-0.2, -0.15) is 0 Å². The van der Waals surface area contributed by atoms with Crippen molar-refractivity contribution < 1.29 is 9.53 Å². The normalized spacial score (nSPS) is 20.4. The maximum atomic E-state index is 12.3. The van der Waals surface area contributed by atoms with Crippen molar-refractivity contribution in [3.63, 3.8) is 0 Å². The number of morpholine rings is 1. The lowest BCUT2D eigenvalue weighted by Gasteiger charge is -2.31. The van der Waals surface area contributed by atoms with Crippen LogP contribution in [-0.4, -0.2) is 41.6 Å². The first-order valence-electron chi connectivity index (χ1n) is 5.40. The minimum atomic E-state index is -0.0406. The SMILES string of the molecule is CC1CN(C(=O)c2cc(N)ncc2Br)CCO1. The predicted octanol–water partition coefficient (Wildman–Crippen LogP) is 1.29. The number of hydrogen-bond donors (Lipinski definition) is 1. The van der Waals surface area contributed by atoms with E-state index in [1.807, 2.05) is 6.92 Å². The molecule has 2 rings (SSSR count). The van der Waals surface area contributed by atoms with Gasteiger partial charge in [0.2, 0.25) is 0 Å². The zero-order valence-electron chi connectivity index (χ0n) is 9.52. The van der Waals surface area contributed by atoms with E-state index >= 15 is 0 Å². The van der Waals surface area contributed by atoms with Gasteiger partial charge in [0, 0.05) is 23.8 Å². The van der Waals surface area contributed by atoms with Gasteiger partial charge < -0.3 is 15.4 Å². The molecule has 1 amide bonds. The van der Waals surface area contributed by atoms with Crippen molar-refractivity contribution in [3.05, 3.63) is 22.3 Å². The number of nitrogens with zero attached hydrogens (tertiary/aromatic N) is 2. The molecule has 17 heavy (non-hydrogen) atoms. The van der Waals surface area contributed by atoms with Crippen LogP contribution in [0.3, 0.4) is 0 Å². The highest BCUT2D eigenvalue weighted by Crippen LogP contribution is 2.20. The highest BCUT2D eigenvalue weighted by atomic mass is 79.9. The second-order valence-electron chi connectivity index (χ2n) is 4.02. The number of anilines is 1. The fraction of sp³-hybridized carbons (Fsp3) is 0.455. The maximum Gasteiger partial charge on any atom is 0.255 e. The van der Waals surface area contributed by atoms with E-state index in [-0.39, 0.29) is 12.0 Å². The molecule has 2 heterocycles. The fourth-order valence-electron chi connectivity index (χ4n) is 1.79. The number of halogens is 1. The summed E-state index contributed by atoms with van der Waals surface area (Å²) in [5, 5.41) is 0. The molecule has 5 nitrogen and oxygen atoms in total. The molecule has 1 unspecified atom stereocenters. The summed E-state index contributed by atoms with van der Waals surface area (Å²) in [6, 6.07) is 1.59. The van der Waals surface area contributed by atoms with Gasteiger partial charge in [-0.05, 0) is 28.9 Å². The van der Waals surface area contributed by atoms with Gasteiger partial charge in [0.25, 0.3) is 5.91 Å². The number of rotatable bonds is 1. The molecule has 2 N–H and O–H groups in total. The summed E-state index contributed by atoms with van der Waals surface area (Å²) in [6.45, 7) is 3.74. The molecule has 0 radical (unpaired) electrons. The summed E-state index contributed by atoms with van der Waals surface area (Å²) in [4.78, 5) is 18.0. The van der Waals surface area contributed by atoms with E-state index in [2.05, 4.69) is 20.9 Å². The van der Waals surface area contributed by atoms with E-state index < -0.39 is 0 Å². The number of nitrogens with two attached hydrogens (primary N) is 1. The van der Waals surface area contributed by atoms with Crippen LogP contribution in [-0.2, 0) is 4.74 Å². The number of nitrogen functional groups attached to an aromatic ring is 1. The lowest BCUT2D eigenvalue weighted by atomic mass is 10.2. The van der Waals surface area contributed by atoms with E-state index in [9.17, 15) is 4.79 Å². The van der Waals surface area contributed by atoms with Crippen LogP contribution in [0.1, 0.15) is 17.3 Å². The zero-order chi connectivity index (χ0) is 12.4. The van der Waals surface area contributed by atoms with Crippen molar-refractivity contribution in [2.45, 2.75) is 13.0 Å². The van der Waals surface area contributed by atoms with Crippen molar-refractivity contribution in [2.75, 3.05) is 25.4 Å². The van der Waals surface area contributed by atoms with Crippen molar-refractivity contribution in [1.29, 1.82) is 0 Å². The molecule has 6 heteroatoms. The van der Waals surface area contributed by atoms with E-state index in [0.29, 0.717) is 35.6 Å². The quantitative estimate of drug-likeness (QED) is 0.848. The fourth-order valence-corrected chi connectivity index (χ4v) is 2.18. The van der Waals surface area contributed by atoms with Crippen LogP contribution in [0.4, 0.5) is 5.82 Å². The molecule has 0 spiro atoms. The van der Waals surface area contributed by atoms with Crippen molar-refractivity contribution in [3.8, 4) is 0 Å². The first-order chi connectivity index (χ1) is 8.08. The summed E-state index contributed by atoms with van der Waals surface area (Å²) in [5.74, 6) is 0.305. The number of ether oxygens (including phenoxy) is 1. The van der Waals surface area contributed by atoms with Gasteiger partial charge in [0.05, 0.1) is 18.3 Å². The molecule has 0 aliphatic carbocycles. The van der Waals surface area contributed by atoms with Crippen LogP contribution in [0.5, 0.6) is 0 Å². The van der Waals surface area contributed by atoms with Crippen LogP contribution in [0.25, 0.3) is 0 Å². The smallest absolute Gasteiger partial charge is 0.255 e. The molecule has 1 atom stereocenters. The Morgan fingerprint density at radius 1 is 1.71 bits per heavy atom. The number of amides is 1. The van der Waals surface area contributed by atoms with E-state index in [4.69, 9.17) is 10.5 Å². The van der Waals surface area contributed by atoms with Crippen LogP contribution in [0.15, 0.2) is 16.7 Å². The van der Waals surface area contributed by atoms with Crippen LogP contribution < -0.4 is 5.73 Å². The minimum Gasteiger partial charge on any atom is -0.384 e. The molecular formula is C11H14BrN3O2. The molecule has 1 aliphatic rings. The lowest BCUT2D eigenvalue weighted by Crippen LogP contribution is -2.44. The summed E-state index contributed by atoms with van der Waals surface area (Å²) in [6.07, 6.45) is 1.62. The molecule has 0 aromatic carbocycles. The molecule has 1 aromatic heterocycles. The van der Waals surface area contributed by atoms with Crippen LogP contribution >= 0.6 is 15.9 Å². The van der Waals surface area contributed by atoms with Crippen molar-refractivity contribution in [1.82, 2.24) is 9.88 Å². The minimum absolute atomic E-state index is 0.0406. The Bertz CT molecular complexity index is 439. The molecule has 1 aliphatic heterocycles. The summed E-state index contributed by atoms with van der Waals surface area (Å²) in [5.41, 5.74) is 6.14. The van der Waals surface area contributed by atoms with Gasteiger partial charge >= 0.3 is 0 Å². The molecule has 92 valence electrons. The number of pyridine rings is 1. The average molecular weight is 300 g/mol. The summed E-state index contributed by atoms with van der Waals surface area (Å²) in [7, 11) is 0. The van der Waals surface area contributed by atoms with Gasteiger partial charge in [0.15, 0.2) is 0 Å². The third-order valence-electron chi connectivity index (χ3n) is 2.64. The van der Waals surface area contributed by atoms with Gasteiger partial charge in [0.1, 0.15) is 5.82 Å². The third kappa shape index (κ3) is 2.76. The third-order valence-corrected chi connectivity index (χ3v) is 3.27. The molecular weight excluding hydrogens is 286 g/mol. The number of hydrogen-bond acceptors (Lipinski definition) is 4. The Morgan fingerprint density at radius 3 is 3.18 bits per heavy atom. The van der Waals surface area contributed by atoms with Gasteiger partial charge in [-0.1, -0.05) is 0 Å². The van der Waals surface area contributed by atoms with Crippen molar-refractivity contribution >= 4 is 27.7 Å². The number of carbonyl (C=O) groups is 1. The van der Waals surface area contributed by atoms with Gasteiger partial charge in [-0.3, -0.25) is 4.79 Å². The monoisotopic (exact) mass is 299 g/mol. The largest absolute Gasteiger partial charge is 0.384 e. The molecule has 0 saturated carbocycles. The predicted molar refractivity (Wildman–Crippen MR) is 67.7 cm³/mol. The molecule has 1 aromatic rings. The standard InChI is InChI=1S/C11H14BrN3O2/c1-7-6-15(2-3-17-7)11(16)8-4-10(13)14-5-9(8)12/h4-5,7H,2-3,6H2,1H3,(H2,13,14). The number of aromatic nitrogens is 1. The van der Waals surface area contributed by atoms with Gasteiger partial charge in [-0.25, -0.2) is 4.98 Å². The molecule has 0 bridgehead atoms. The molecule has 1 saturated heterocycles. The summed E-state index contributed by atoms with van der Waals surface area (Å²) < 4.78 is 6.07. The Labute approximate surface area is 108 Å². The first-order valence-corrected chi connectivity index (χ1v) is 6.19. The van der Waals surface area contributed by atoms with E-state index in [0.717, 1.165) is 0 Å². The summed E-state index contributed by atoms with van der Waals surface area (Å²) >= 11 is 3.32.